The van der Waals surface area contributed by atoms with Crippen molar-refractivity contribution in [3.8, 4) is 5.69 Å². The third kappa shape index (κ3) is 8.67. The van der Waals surface area contributed by atoms with Crippen molar-refractivity contribution >= 4 is 46.0 Å². The second kappa shape index (κ2) is 18.9. The second-order valence-corrected chi connectivity index (χ2v) is 21.0. The number of nitrogens with one attached hydrogen (secondary N) is 2. The number of nitrogens with zero attached hydrogens (tertiary/aromatic N) is 8. The smallest absolute Gasteiger partial charge is 0.257 e. The number of benzene rings is 2. The Hall–Kier alpha value is -6.37. The van der Waals surface area contributed by atoms with E-state index >= 15 is 8.78 Å². The molecule has 2 aromatic carbocycles. The monoisotopic (exact) mass is 986 g/mol. The Bertz CT molecular complexity index is 3040. The highest BCUT2D eigenvalue weighted by Gasteiger charge is 2.61. The number of pyridine rings is 2. The number of carbonyl (C=O) groups is 4. The molecular weight excluding hydrogens is 926 g/mol. The summed E-state index contributed by atoms with van der Waals surface area (Å²) in [6, 6.07) is 13.2. The number of aromatic nitrogens is 3. The summed E-state index contributed by atoms with van der Waals surface area (Å²) in [5, 5.41) is 5.81. The molecule has 1 saturated carbocycles. The Labute approximate surface area is 415 Å². The van der Waals surface area contributed by atoms with Gasteiger partial charge in [-0.25, -0.2) is 18.2 Å². The molecule has 3 aromatic heterocycles. The van der Waals surface area contributed by atoms with E-state index in [1.807, 2.05) is 23.7 Å². The summed E-state index contributed by atoms with van der Waals surface area (Å²) in [5.74, 6) is -2.93. The first-order valence-electron chi connectivity index (χ1n) is 25.5. The van der Waals surface area contributed by atoms with E-state index in [0.717, 1.165) is 80.9 Å². The summed E-state index contributed by atoms with van der Waals surface area (Å²) in [6.07, 6.45) is 7.56. The van der Waals surface area contributed by atoms with Gasteiger partial charge in [-0.3, -0.25) is 53.5 Å². The standard InChI is InChI=1S/C54H61F3N10O5/c1-32-27-63(28-34-4-5-45-39(22-34)54(13-14-54)53(72)67(45)46-6-7-47(68)60-51(46)70)20-21-65(32)29-33-9-18-64(19-10-33)52(71)36-23-40(55)49(41(56)24-36)35-11-16-62(17-12-35)30-37-25-38-44(8-15-59-50(38)61(37)3)66-31-42(57)43(58-2)26-48(66)69/h4-5,8,15,22-26,31-33,35,46,58H,6-7,9-14,16-21,27-30H2,1-3H3,(H,60,68,70)/t32-,46?/m0/s1. The summed E-state index contributed by atoms with van der Waals surface area (Å²) in [5.41, 5.74) is 4.30. The average Bonchev–Trinajstić information content (AvgIpc) is 4.07. The van der Waals surface area contributed by atoms with Gasteiger partial charge in [-0.05, 0) is 118 Å². The maximum absolute atomic E-state index is 15.9. The quantitative estimate of drug-likeness (QED) is 0.156. The predicted molar refractivity (Wildman–Crippen MR) is 265 cm³/mol. The summed E-state index contributed by atoms with van der Waals surface area (Å²) in [6.45, 7) is 9.42. The number of anilines is 2. The van der Waals surface area contributed by atoms with Crippen LogP contribution in [-0.2, 0) is 39.9 Å². The van der Waals surface area contributed by atoms with Gasteiger partial charge in [0.05, 0.1) is 23.0 Å². The van der Waals surface area contributed by atoms with Crippen LogP contribution in [0.5, 0.6) is 0 Å². The zero-order valence-corrected chi connectivity index (χ0v) is 41.1. The lowest BCUT2D eigenvalue weighted by Gasteiger charge is -2.42. The van der Waals surface area contributed by atoms with Crippen molar-refractivity contribution in [1.82, 2.24) is 39.0 Å². The van der Waals surface area contributed by atoms with E-state index in [2.05, 4.69) is 49.4 Å². The van der Waals surface area contributed by atoms with Gasteiger partial charge in [-0.15, -0.1) is 0 Å². The second-order valence-electron chi connectivity index (χ2n) is 21.0. The molecule has 0 radical (unpaired) electrons. The first kappa shape index (κ1) is 47.9. The van der Waals surface area contributed by atoms with Crippen LogP contribution in [0.3, 0.4) is 0 Å². The lowest BCUT2D eigenvalue weighted by Crippen LogP contribution is -2.54. The molecule has 1 spiro atoms. The fourth-order valence-electron chi connectivity index (χ4n) is 12.4. The Kier molecular flexibility index (Phi) is 12.6. The molecule has 11 rings (SSSR count). The van der Waals surface area contributed by atoms with Crippen LogP contribution in [0.15, 0.2) is 65.7 Å². The number of fused-ring (bicyclic) bond motifs is 3. The molecule has 2 N–H and O–H groups in total. The molecule has 18 heteroatoms. The number of piperidine rings is 3. The first-order chi connectivity index (χ1) is 34.7. The molecule has 5 aromatic rings. The minimum atomic E-state index is -0.684. The number of halogens is 3. The molecule has 8 heterocycles. The number of hydrogen-bond donors (Lipinski definition) is 2. The highest BCUT2D eigenvalue weighted by atomic mass is 19.1. The summed E-state index contributed by atoms with van der Waals surface area (Å²) in [7, 11) is 3.45. The zero-order chi connectivity index (χ0) is 50.2. The molecule has 378 valence electrons. The SMILES string of the molecule is CNc1cc(=O)n(-c2ccnc3c2cc(CN2CCC(c4c(F)cc(C(=O)N5CCC(CN6CCN(Cc7ccc8c(c7)C7(CC7)C(=O)N8C7CCC(=O)NC7=O)C[C@@H]6C)CC5)cc4F)CC2)n3C)cc1F. The molecule has 4 saturated heterocycles. The van der Waals surface area contributed by atoms with Crippen molar-refractivity contribution in [1.29, 1.82) is 0 Å². The molecule has 1 aliphatic carbocycles. The molecule has 5 fully saturated rings. The zero-order valence-electron chi connectivity index (χ0n) is 41.1. The number of hydrogen-bond acceptors (Lipinski definition) is 10. The highest BCUT2D eigenvalue weighted by molar-refractivity contribution is 6.15. The molecule has 72 heavy (non-hydrogen) atoms. The van der Waals surface area contributed by atoms with Crippen LogP contribution in [0.1, 0.15) is 97.0 Å². The van der Waals surface area contributed by atoms with Gasteiger partial charge in [0, 0.05) is 119 Å². The minimum Gasteiger partial charge on any atom is -0.386 e. The number of carbonyl (C=O) groups excluding carboxylic acids is 4. The molecule has 6 aliphatic rings. The minimum absolute atomic E-state index is 0.0239. The van der Waals surface area contributed by atoms with Crippen molar-refractivity contribution in [2.45, 2.75) is 94.8 Å². The molecule has 1 unspecified atom stereocenters. The van der Waals surface area contributed by atoms with Gasteiger partial charge in [0.25, 0.3) is 11.5 Å². The lowest BCUT2D eigenvalue weighted by molar-refractivity contribution is -0.135. The number of imide groups is 1. The molecule has 15 nitrogen and oxygen atoms in total. The van der Waals surface area contributed by atoms with Crippen molar-refractivity contribution in [2.24, 2.45) is 13.0 Å². The van der Waals surface area contributed by atoms with E-state index in [9.17, 15) is 28.4 Å². The van der Waals surface area contributed by atoms with Crippen LogP contribution in [0.4, 0.5) is 24.5 Å². The van der Waals surface area contributed by atoms with Crippen molar-refractivity contribution in [2.75, 3.05) is 69.6 Å². The lowest BCUT2D eigenvalue weighted by atomic mass is 9.87. The molecule has 0 bridgehead atoms. The van der Waals surface area contributed by atoms with Gasteiger partial charge in [-0.2, -0.15) is 0 Å². The molecular formula is C54H61F3N10O5. The van der Waals surface area contributed by atoms with Crippen LogP contribution in [0, 0.1) is 23.4 Å². The van der Waals surface area contributed by atoms with Crippen LogP contribution in [0.25, 0.3) is 16.7 Å². The van der Waals surface area contributed by atoms with Gasteiger partial charge in [0.2, 0.25) is 17.7 Å². The molecule has 5 aliphatic heterocycles. The van der Waals surface area contributed by atoms with Crippen molar-refractivity contribution in [3.63, 3.8) is 0 Å². The van der Waals surface area contributed by atoms with E-state index in [1.165, 1.54) is 29.0 Å². The summed E-state index contributed by atoms with van der Waals surface area (Å²) >= 11 is 0. The normalized spacial score (nSPS) is 22.3. The van der Waals surface area contributed by atoms with Gasteiger partial charge >= 0.3 is 0 Å². The van der Waals surface area contributed by atoms with Gasteiger partial charge in [-0.1, -0.05) is 12.1 Å². The van der Waals surface area contributed by atoms with Crippen LogP contribution >= 0.6 is 0 Å². The fraction of sp³-hybridized carbons (Fsp3) is 0.481. The van der Waals surface area contributed by atoms with E-state index in [4.69, 9.17) is 0 Å². The maximum atomic E-state index is 15.9. The van der Waals surface area contributed by atoms with Gasteiger partial charge in [0.1, 0.15) is 23.3 Å². The summed E-state index contributed by atoms with van der Waals surface area (Å²) < 4.78 is 49.7. The van der Waals surface area contributed by atoms with Crippen LogP contribution < -0.4 is 21.1 Å². The van der Waals surface area contributed by atoms with Crippen molar-refractivity contribution < 1.29 is 32.3 Å². The number of aryl methyl sites for hydroxylation is 1. The highest BCUT2D eigenvalue weighted by Crippen LogP contribution is 2.58. The Morgan fingerprint density at radius 2 is 1.58 bits per heavy atom. The largest absolute Gasteiger partial charge is 0.386 e. The number of amides is 4. The van der Waals surface area contributed by atoms with Crippen LogP contribution in [-0.4, -0.2) is 129 Å². The van der Waals surface area contributed by atoms with Gasteiger partial charge < -0.3 is 14.8 Å². The average molecular weight is 987 g/mol. The Morgan fingerprint density at radius 1 is 0.833 bits per heavy atom. The molecule has 4 amide bonds. The topological polar surface area (TPSA) is 148 Å². The Balaban J connectivity index is 0.654. The third-order valence-electron chi connectivity index (χ3n) is 16.6. The first-order valence-corrected chi connectivity index (χ1v) is 25.5. The van der Waals surface area contributed by atoms with Crippen molar-refractivity contribution in [3.05, 3.63) is 117 Å². The number of likely N-dealkylation sites (tertiary alicyclic amines) is 2. The third-order valence-corrected chi connectivity index (χ3v) is 16.6. The van der Waals surface area contributed by atoms with Gasteiger partial charge in [0.15, 0.2) is 5.82 Å². The predicted octanol–water partition coefficient (Wildman–Crippen LogP) is 5.80. The van der Waals surface area contributed by atoms with E-state index in [1.54, 1.807) is 29.1 Å². The maximum Gasteiger partial charge on any atom is 0.257 e. The van der Waals surface area contributed by atoms with E-state index < -0.39 is 34.8 Å². The Morgan fingerprint density at radius 3 is 2.28 bits per heavy atom. The number of rotatable bonds is 11. The van der Waals surface area contributed by atoms with Crippen LogP contribution in [0.2, 0.25) is 0 Å². The number of piperazine rings is 1. The fourth-order valence-corrected chi connectivity index (χ4v) is 12.4. The molecule has 2 atom stereocenters. The summed E-state index contributed by atoms with van der Waals surface area (Å²) in [4.78, 5) is 80.1. The van der Waals surface area contributed by atoms with E-state index in [-0.39, 0.29) is 52.4 Å². The van der Waals surface area contributed by atoms with E-state index in [0.29, 0.717) is 80.7 Å².